The van der Waals surface area contributed by atoms with Gasteiger partial charge in [0.25, 0.3) is 0 Å². The number of aliphatic hydroxyl groups is 3. The Balaban J connectivity index is 1.55. The summed E-state index contributed by atoms with van der Waals surface area (Å²) in [6.07, 6.45) is -9.77. The zero-order valence-corrected chi connectivity index (χ0v) is 32.6. The minimum absolute atomic E-state index is 0.0169. The summed E-state index contributed by atoms with van der Waals surface area (Å²) in [6.45, 7) is 9.65. The molecule has 2 bridgehead atoms. The zero-order valence-electron chi connectivity index (χ0n) is 32.6. The summed E-state index contributed by atoms with van der Waals surface area (Å²) >= 11 is 0. The molecule has 16 heteroatoms. The first-order valence-electron chi connectivity index (χ1n) is 19.0. The second kappa shape index (κ2) is 14.8. The Bertz CT molecular complexity index is 1810. The van der Waals surface area contributed by atoms with Gasteiger partial charge in [0, 0.05) is 32.1 Å². The van der Waals surface area contributed by atoms with Crippen LogP contribution in [-0.4, -0.2) is 118 Å². The van der Waals surface area contributed by atoms with Crippen molar-refractivity contribution < 1.29 is 72.5 Å². The van der Waals surface area contributed by atoms with Gasteiger partial charge in [0.05, 0.1) is 42.3 Å². The van der Waals surface area contributed by atoms with Crippen molar-refractivity contribution in [1.29, 1.82) is 0 Å². The Kier molecular flexibility index (Phi) is 10.9. The molecule has 306 valence electrons. The number of ketones is 1. The number of esters is 4. The van der Waals surface area contributed by atoms with E-state index in [2.05, 4.69) is 5.32 Å². The molecule has 6 rings (SSSR count). The molecule has 56 heavy (non-hydrogen) atoms. The molecule has 4 fully saturated rings. The number of hydrogen-bond donors (Lipinski definition) is 4. The van der Waals surface area contributed by atoms with Crippen LogP contribution in [0.15, 0.2) is 41.5 Å². The van der Waals surface area contributed by atoms with E-state index in [0.717, 1.165) is 13.8 Å². The summed E-state index contributed by atoms with van der Waals surface area (Å²) < 4.78 is 34.9. The second-order valence-electron chi connectivity index (χ2n) is 16.4. The van der Waals surface area contributed by atoms with Crippen molar-refractivity contribution in [2.24, 2.45) is 22.7 Å². The number of alkyl carbamates (subject to hydrolysis) is 1. The van der Waals surface area contributed by atoms with E-state index in [1.807, 2.05) is 0 Å². The smallest absolute Gasteiger partial charge is 0.407 e. The van der Waals surface area contributed by atoms with Crippen LogP contribution >= 0.6 is 0 Å². The summed E-state index contributed by atoms with van der Waals surface area (Å²) in [5.74, 6) is -6.37. The molecule has 1 heterocycles. The fourth-order valence-electron chi connectivity index (χ4n) is 9.59. The Morgan fingerprint density at radius 3 is 2.21 bits per heavy atom. The number of rotatable bonds is 10. The molecule has 0 radical (unpaired) electrons. The van der Waals surface area contributed by atoms with E-state index >= 15 is 4.79 Å². The van der Waals surface area contributed by atoms with E-state index < -0.39 is 113 Å². The average molecular weight is 786 g/mol. The van der Waals surface area contributed by atoms with Crippen LogP contribution in [0.1, 0.15) is 84.5 Å². The van der Waals surface area contributed by atoms with Crippen molar-refractivity contribution >= 4 is 35.8 Å². The molecule has 16 nitrogen and oxygen atoms in total. The lowest BCUT2D eigenvalue weighted by molar-refractivity contribution is -0.346. The van der Waals surface area contributed by atoms with Crippen LogP contribution in [0.2, 0.25) is 0 Å². The molecule has 1 aliphatic heterocycles. The first-order valence-corrected chi connectivity index (χ1v) is 19.0. The second-order valence-corrected chi connectivity index (χ2v) is 16.4. The first kappa shape index (κ1) is 41.3. The molecule has 1 aromatic carbocycles. The van der Waals surface area contributed by atoms with Crippen molar-refractivity contribution in [1.82, 2.24) is 5.32 Å². The lowest BCUT2D eigenvalue weighted by Crippen LogP contribution is -2.82. The van der Waals surface area contributed by atoms with Crippen LogP contribution in [0.4, 0.5) is 4.79 Å². The summed E-state index contributed by atoms with van der Waals surface area (Å²) in [5, 5.41) is 39.3. The number of Topliss-reactive ketones (excluding diaryl/α,β-unsaturated/α-hetero) is 1. The molecule has 4 aliphatic carbocycles. The fraction of sp³-hybridized carbons (Fsp3) is 0.650. The number of carbonyl (C=O) groups is 6. The van der Waals surface area contributed by atoms with Crippen LogP contribution in [-0.2, 0) is 47.6 Å². The summed E-state index contributed by atoms with van der Waals surface area (Å²) in [7, 11) is 0. The van der Waals surface area contributed by atoms with E-state index in [4.69, 9.17) is 28.4 Å². The molecular formula is C40H51NO15. The molecule has 11 atom stereocenters. The zero-order chi connectivity index (χ0) is 41.1. The van der Waals surface area contributed by atoms with Gasteiger partial charge in [-0.3, -0.25) is 14.4 Å². The Morgan fingerprint density at radius 1 is 1.00 bits per heavy atom. The van der Waals surface area contributed by atoms with Crippen molar-refractivity contribution in [3.8, 4) is 0 Å². The van der Waals surface area contributed by atoms with Gasteiger partial charge in [0.2, 0.25) is 0 Å². The van der Waals surface area contributed by atoms with Crippen molar-refractivity contribution in [2.45, 2.75) is 128 Å². The van der Waals surface area contributed by atoms with Gasteiger partial charge in [-0.05, 0) is 62.8 Å². The lowest BCUT2D eigenvalue weighted by atomic mass is 9.44. The molecule has 1 amide bonds. The third-order valence-electron chi connectivity index (χ3n) is 12.7. The highest BCUT2D eigenvalue weighted by Gasteiger charge is 2.78. The molecular weight excluding hydrogens is 734 g/mol. The highest BCUT2D eigenvalue weighted by atomic mass is 16.6. The van der Waals surface area contributed by atoms with Gasteiger partial charge < -0.3 is 49.1 Å². The maximum Gasteiger partial charge on any atom is 0.407 e. The predicted octanol–water partition coefficient (Wildman–Crippen LogP) is 2.09. The first-order chi connectivity index (χ1) is 26.2. The molecule has 0 spiro atoms. The number of aliphatic hydroxyl groups excluding tert-OH is 2. The van der Waals surface area contributed by atoms with Crippen LogP contribution in [0, 0.1) is 22.7 Å². The van der Waals surface area contributed by atoms with E-state index in [1.54, 1.807) is 39.0 Å². The van der Waals surface area contributed by atoms with E-state index in [1.165, 1.54) is 26.0 Å². The molecule has 4 N–H and O–H groups in total. The summed E-state index contributed by atoms with van der Waals surface area (Å²) in [6, 6.07) is 6.78. The number of amides is 1. The van der Waals surface area contributed by atoms with Crippen molar-refractivity contribution in [3.63, 3.8) is 0 Å². The SMILES string of the molecule is CCOC(=O)N[C@@H](C1CC1)[C@@H](O)C(=O)O[C@H]1C[C@@]2(O)[C@@H](OC(=O)c3ccccc3)[C@@H]3[C@]4(OC(C)=O)CO[C@@H]4C[C@H](O)[C@@]3(C)C(=O)[C@H](OC(C)=O)C(=C1C)C2(C)C. The normalized spacial score (nSPS) is 35.4. The number of ether oxygens (including phenoxy) is 6. The number of carbonyl (C=O) groups excluding carboxylic acids is 6. The molecule has 0 unspecified atom stereocenters. The maximum atomic E-state index is 15.3. The minimum Gasteiger partial charge on any atom is -0.456 e. The fourth-order valence-corrected chi connectivity index (χ4v) is 9.59. The highest BCUT2D eigenvalue weighted by Crippen LogP contribution is 2.64. The Hall–Kier alpha value is -4.38. The number of benzene rings is 1. The number of fused-ring (bicyclic) bond motifs is 5. The standard InChI is InChI=1S/C40H51NO15/c1-8-51-36(49)41-28(22-14-15-22)29(45)35(48)54-24-17-40(50)33(55-34(47)23-12-10-9-11-13-23)31-38(7,25(44)16-26-39(31,18-52-26)56-21(4)43)32(46)30(53-20(3)42)27(19(24)2)37(40,5)6/h9-13,22,24-26,28-31,33,44-45,50H,8,14-18H2,1-7H3,(H,41,49)/t24-,25-,26+,28-,29+,30+,31-,33-,38+,39-,40+/m0/s1. The average Bonchev–Trinajstić information content (AvgIpc) is 3.97. The van der Waals surface area contributed by atoms with E-state index in [-0.39, 0.29) is 42.3 Å². The lowest BCUT2D eigenvalue weighted by Gasteiger charge is -2.67. The molecule has 3 saturated carbocycles. The number of hydrogen-bond acceptors (Lipinski definition) is 15. The van der Waals surface area contributed by atoms with Gasteiger partial charge in [0.15, 0.2) is 23.6 Å². The third kappa shape index (κ3) is 6.67. The van der Waals surface area contributed by atoms with Crippen LogP contribution < -0.4 is 5.32 Å². The maximum absolute atomic E-state index is 15.3. The van der Waals surface area contributed by atoms with Crippen LogP contribution in [0.25, 0.3) is 0 Å². The van der Waals surface area contributed by atoms with E-state index in [0.29, 0.717) is 12.8 Å². The predicted molar refractivity (Wildman–Crippen MR) is 191 cm³/mol. The van der Waals surface area contributed by atoms with Gasteiger partial charge in [0.1, 0.15) is 23.9 Å². The van der Waals surface area contributed by atoms with Gasteiger partial charge in [-0.25, -0.2) is 14.4 Å². The molecule has 0 aromatic heterocycles. The van der Waals surface area contributed by atoms with Gasteiger partial charge in [-0.1, -0.05) is 32.0 Å². The topological polar surface area (TPSA) is 231 Å². The van der Waals surface area contributed by atoms with Gasteiger partial charge in [-0.15, -0.1) is 0 Å². The Labute approximate surface area is 324 Å². The van der Waals surface area contributed by atoms with Crippen molar-refractivity contribution in [2.75, 3.05) is 13.2 Å². The minimum atomic E-state index is -2.35. The summed E-state index contributed by atoms with van der Waals surface area (Å²) in [5.41, 5.74) is -7.46. The quantitative estimate of drug-likeness (QED) is 0.151. The van der Waals surface area contributed by atoms with Crippen LogP contribution in [0.3, 0.4) is 0 Å². The van der Waals surface area contributed by atoms with Gasteiger partial charge >= 0.3 is 30.0 Å². The molecule has 1 saturated heterocycles. The van der Waals surface area contributed by atoms with E-state index in [9.17, 15) is 39.3 Å². The molecule has 5 aliphatic rings. The largest absolute Gasteiger partial charge is 0.456 e. The monoisotopic (exact) mass is 785 g/mol. The Morgan fingerprint density at radius 2 is 1.66 bits per heavy atom. The molecule has 1 aromatic rings. The van der Waals surface area contributed by atoms with Crippen molar-refractivity contribution in [3.05, 3.63) is 47.0 Å². The highest BCUT2D eigenvalue weighted by molar-refractivity contribution is 5.95. The number of nitrogens with one attached hydrogen (secondary N) is 1. The summed E-state index contributed by atoms with van der Waals surface area (Å²) in [4.78, 5) is 81.4. The van der Waals surface area contributed by atoms with Gasteiger partial charge in [-0.2, -0.15) is 0 Å². The third-order valence-corrected chi connectivity index (χ3v) is 12.7. The van der Waals surface area contributed by atoms with Crippen LogP contribution in [0.5, 0.6) is 0 Å².